The zero-order valence-corrected chi connectivity index (χ0v) is 5.05. The molecular weight excluding hydrogens is 106 g/mol. The van der Waals surface area contributed by atoms with Crippen molar-refractivity contribution in [3.63, 3.8) is 0 Å². The van der Waals surface area contributed by atoms with Crippen molar-refractivity contribution in [1.82, 2.24) is 0 Å². The highest BCUT2D eigenvalue weighted by atomic mass is 16.5. The van der Waals surface area contributed by atoms with Gasteiger partial charge in [-0.05, 0) is 0 Å². The Labute approximate surface area is 48.4 Å². The third kappa shape index (κ3) is 2.34. The van der Waals surface area contributed by atoms with Gasteiger partial charge in [-0.2, -0.15) is 0 Å². The second-order valence-corrected chi connectivity index (χ2v) is 1.19. The predicted octanol–water partition coefficient (Wildman–Crippen LogP) is 0.250. The molecule has 0 aliphatic rings. The van der Waals surface area contributed by atoms with Crippen LogP contribution in [0.15, 0.2) is 4.99 Å². The van der Waals surface area contributed by atoms with Crippen LogP contribution in [0.3, 0.4) is 0 Å². The van der Waals surface area contributed by atoms with Gasteiger partial charge < -0.3 is 9.53 Å². The zero-order valence-electron chi connectivity index (χ0n) is 5.05. The number of hydrogen-bond acceptors (Lipinski definition) is 3. The molecule has 0 aliphatic heterocycles. The van der Waals surface area contributed by atoms with Crippen molar-refractivity contribution in [1.29, 1.82) is 0 Å². The van der Waals surface area contributed by atoms with Gasteiger partial charge in [0.05, 0.1) is 13.5 Å². The number of carbonyl (C=O) groups excluding carboxylic acids is 1. The van der Waals surface area contributed by atoms with E-state index >= 15 is 0 Å². The molecule has 0 aromatic heterocycles. The lowest BCUT2D eigenvalue weighted by atomic mass is 10.5. The summed E-state index contributed by atoms with van der Waals surface area (Å²) in [5.41, 5.74) is 0. The maximum absolute atomic E-state index is 9.77. The SMILES string of the molecule is C/N=C(/CC=O)OC. The first-order valence-corrected chi connectivity index (χ1v) is 2.28. The molecule has 0 spiro atoms. The molecule has 0 amide bonds. The fraction of sp³-hybridized carbons (Fsp3) is 0.600. The van der Waals surface area contributed by atoms with Crippen LogP contribution in [-0.2, 0) is 9.53 Å². The van der Waals surface area contributed by atoms with Gasteiger partial charge in [-0.15, -0.1) is 0 Å². The summed E-state index contributed by atoms with van der Waals surface area (Å²) >= 11 is 0. The Morgan fingerprint density at radius 2 is 2.50 bits per heavy atom. The lowest BCUT2D eigenvalue weighted by Gasteiger charge is -1.95. The monoisotopic (exact) mass is 115 g/mol. The Kier molecular flexibility index (Phi) is 3.84. The minimum absolute atomic E-state index is 0.271. The second-order valence-electron chi connectivity index (χ2n) is 1.19. The molecule has 0 N–H and O–H groups in total. The molecule has 0 radical (unpaired) electrons. The third-order valence-corrected chi connectivity index (χ3v) is 0.743. The van der Waals surface area contributed by atoms with Crippen LogP contribution in [0.25, 0.3) is 0 Å². The smallest absolute Gasteiger partial charge is 0.189 e. The number of hydrogen-bond donors (Lipinski definition) is 0. The molecular formula is C5H9NO2. The Morgan fingerprint density at radius 1 is 1.88 bits per heavy atom. The van der Waals surface area contributed by atoms with E-state index in [2.05, 4.69) is 9.73 Å². The zero-order chi connectivity index (χ0) is 6.41. The topological polar surface area (TPSA) is 38.7 Å². The molecule has 3 nitrogen and oxygen atoms in total. The number of aliphatic imine (C=N–C) groups is 1. The van der Waals surface area contributed by atoms with Crippen molar-refractivity contribution >= 4 is 12.2 Å². The fourth-order valence-corrected chi connectivity index (χ4v) is 0.337. The van der Waals surface area contributed by atoms with Crippen LogP contribution in [0.2, 0.25) is 0 Å². The Bertz CT molecular complexity index is 98.6. The molecule has 0 bridgehead atoms. The van der Waals surface area contributed by atoms with Gasteiger partial charge in [0.2, 0.25) is 0 Å². The van der Waals surface area contributed by atoms with Gasteiger partial charge in [0.15, 0.2) is 5.90 Å². The number of ether oxygens (including phenoxy) is 1. The first-order valence-electron chi connectivity index (χ1n) is 2.28. The summed E-state index contributed by atoms with van der Waals surface area (Å²) < 4.78 is 4.66. The molecule has 0 aromatic rings. The molecule has 0 aromatic carbocycles. The third-order valence-electron chi connectivity index (χ3n) is 0.743. The van der Waals surface area contributed by atoms with E-state index in [0.717, 1.165) is 6.29 Å². The number of aldehydes is 1. The van der Waals surface area contributed by atoms with E-state index in [1.165, 1.54) is 7.11 Å². The van der Waals surface area contributed by atoms with Crippen LogP contribution >= 0.6 is 0 Å². The molecule has 0 saturated carbocycles. The van der Waals surface area contributed by atoms with E-state index in [0.29, 0.717) is 5.90 Å². The predicted molar refractivity (Wildman–Crippen MR) is 31.0 cm³/mol. The molecule has 0 heterocycles. The molecule has 8 heavy (non-hydrogen) atoms. The molecule has 0 unspecified atom stereocenters. The van der Waals surface area contributed by atoms with E-state index < -0.39 is 0 Å². The van der Waals surface area contributed by atoms with Crippen molar-refractivity contribution in [2.75, 3.05) is 14.2 Å². The van der Waals surface area contributed by atoms with Gasteiger partial charge in [0.1, 0.15) is 6.29 Å². The average Bonchev–Trinajstić information content (AvgIpc) is 1.83. The number of nitrogens with zero attached hydrogens (tertiary/aromatic N) is 1. The highest BCUT2D eigenvalue weighted by molar-refractivity contribution is 5.87. The Balaban J connectivity index is 3.53. The number of rotatable bonds is 2. The lowest BCUT2D eigenvalue weighted by Crippen LogP contribution is -2.00. The summed E-state index contributed by atoms with van der Waals surface area (Å²) in [6.45, 7) is 0. The minimum Gasteiger partial charge on any atom is -0.484 e. The van der Waals surface area contributed by atoms with E-state index in [9.17, 15) is 4.79 Å². The Morgan fingerprint density at radius 3 is 2.62 bits per heavy atom. The van der Waals surface area contributed by atoms with E-state index in [1.807, 2.05) is 0 Å². The first kappa shape index (κ1) is 7.14. The maximum atomic E-state index is 9.77. The van der Waals surface area contributed by atoms with Gasteiger partial charge in [0.25, 0.3) is 0 Å². The quantitative estimate of drug-likeness (QED) is 0.294. The van der Waals surface area contributed by atoms with Gasteiger partial charge in [0, 0.05) is 7.05 Å². The summed E-state index contributed by atoms with van der Waals surface area (Å²) in [6.07, 6.45) is 1.03. The molecule has 0 saturated heterocycles. The summed E-state index contributed by atoms with van der Waals surface area (Å²) in [5, 5.41) is 0. The minimum atomic E-state index is 0.271. The van der Waals surface area contributed by atoms with Gasteiger partial charge >= 0.3 is 0 Å². The average molecular weight is 115 g/mol. The van der Waals surface area contributed by atoms with Crippen molar-refractivity contribution in [3.8, 4) is 0 Å². The van der Waals surface area contributed by atoms with E-state index in [-0.39, 0.29) is 6.42 Å². The standard InChI is InChI=1S/C5H9NO2/c1-6-5(8-2)3-4-7/h4H,3H2,1-2H3/b6-5-. The molecule has 0 fully saturated rings. The summed E-state index contributed by atoms with van der Waals surface area (Å²) in [5.74, 6) is 0.472. The fourth-order valence-electron chi connectivity index (χ4n) is 0.337. The maximum Gasteiger partial charge on any atom is 0.189 e. The van der Waals surface area contributed by atoms with Gasteiger partial charge in [-0.1, -0.05) is 0 Å². The molecule has 0 aliphatic carbocycles. The highest BCUT2D eigenvalue weighted by Crippen LogP contribution is 1.80. The van der Waals surface area contributed by atoms with Crippen LogP contribution in [0.1, 0.15) is 6.42 Å². The van der Waals surface area contributed by atoms with Gasteiger partial charge in [-0.3, -0.25) is 4.99 Å². The van der Waals surface area contributed by atoms with Crippen LogP contribution in [-0.4, -0.2) is 26.3 Å². The largest absolute Gasteiger partial charge is 0.484 e. The molecule has 0 rings (SSSR count). The van der Waals surface area contributed by atoms with E-state index in [4.69, 9.17) is 0 Å². The highest BCUT2D eigenvalue weighted by Gasteiger charge is 1.90. The van der Waals surface area contributed by atoms with Crippen molar-refractivity contribution in [2.45, 2.75) is 6.42 Å². The van der Waals surface area contributed by atoms with Gasteiger partial charge in [-0.25, -0.2) is 0 Å². The number of carbonyl (C=O) groups is 1. The second kappa shape index (κ2) is 4.30. The van der Waals surface area contributed by atoms with Crippen molar-refractivity contribution in [2.24, 2.45) is 4.99 Å². The summed E-state index contributed by atoms with van der Waals surface area (Å²) in [4.78, 5) is 13.4. The van der Waals surface area contributed by atoms with Crippen LogP contribution < -0.4 is 0 Å². The summed E-state index contributed by atoms with van der Waals surface area (Å²) in [6, 6.07) is 0. The summed E-state index contributed by atoms with van der Waals surface area (Å²) in [7, 11) is 3.08. The van der Waals surface area contributed by atoms with Crippen LogP contribution in [0.4, 0.5) is 0 Å². The van der Waals surface area contributed by atoms with Crippen molar-refractivity contribution < 1.29 is 9.53 Å². The van der Waals surface area contributed by atoms with Crippen molar-refractivity contribution in [3.05, 3.63) is 0 Å². The molecule has 3 heteroatoms. The lowest BCUT2D eigenvalue weighted by molar-refractivity contribution is -0.107. The molecule has 46 valence electrons. The number of methoxy groups -OCH3 is 1. The molecule has 0 atom stereocenters. The van der Waals surface area contributed by atoms with Crippen LogP contribution in [0.5, 0.6) is 0 Å². The van der Waals surface area contributed by atoms with Crippen LogP contribution in [0, 0.1) is 0 Å². The first-order chi connectivity index (χ1) is 3.85. The normalized spacial score (nSPS) is 11.0. The van der Waals surface area contributed by atoms with E-state index in [1.54, 1.807) is 7.05 Å². The Hall–Kier alpha value is -0.860.